The number of aliphatic hydroxyl groups is 1. The first-order valence-electron chi connectivity index (χ1n) is 3.53. The molecule has 0 atom stereocenters. The molecule has 0 aromatic carbocycles. The minimum Gasteiger partial charge on any atom is -0.392 e. The summed E-state index contributed by atoms with van der Waals surface area (Å²) < 4.78 is 0. The van der Waals surface area contributed by atoms with E-state index in [1.807, 2.05) is 25.1 Å². The highest BCUT2D eigenvalue weighted by Crippen LogP contribution is 2.07. The largest absolute Gasteiger partial charge is 0.392 e. The van der Waals surface area contributed by atoms with Crippen LogP contribution in [0.3, 0.4) is 0 Å². The van der Waals surface area contributed by atoms with Gasteiger partial charge in [0.2, 0.25) is 0 Å². The molecule has 0 aliphatic rings. The van der Waals surface area contributed by atoms with Crippen LogP contribution in [0.25, 0.3) is 5.57 Å². The average Bonchev–Trinajstić information content (AvgIpc) is 2.07. The molecule has 1 aromatic rings. The predicted molar refractivity (Wildman–Crippen MR) is 45.0 cm³/mol. The van der Waals surface area contributed by atoms with E-state index in [-0.39, 0.29) is 6.61 Å². The number of rotatable bonds is 2. The van der Waals surface area contributed by atoms with E-state index >= 15 is 0 Å². The van der Waals surface area contributed by atoms with E-state index in [1.54, 1.807) is 12.3 Å². The normalized spacial score (nSPS) is 11.6. The van der Waals surface area contributed by atoms with Crippen molar-refractivity contribution in [2.24, 2.45) is 0 Å². The Bertz CT molecular complexity index is 241. The molecule has 0 saturated carbocycles. The minimum absolute atomic E-state index is 0.0718. The number of allylic oxidation sites excluding steroid dienone is 1. The van der Waals surface area contributed by atoms with Gasteiger partial charge in [-0.15, -0.1) is 0 Å². The molecule has 0 radical (unpaired) electrons. The SMILES string of the molecule is C/C(=C/CO)c1ccccn1. The summed E-state index contributed by atoms with van der Waals surface area (Å²) in [4.78, 5) is 4.12. The molecule has 2 heteroatoms. The summed E-state index contributed by atoms with van der Waals surface area (Å²) in [5.74, 6) is 0. The molecule has 0 bridgehead atoms. The zero-order chi connectivity index (χ0) is 8.10. The smallest absolute Gasteiger partial charge is 0.0656 e. The number of aliphatic hydroxyl groups excluding tert-OH is 1. The number of hydrogen-bond donors (Lipinski definition) is 1. The fourth-order valence-corrected chi connectivity index (χ4v) is 0.838. The Labute approximate surface area is 66.2 Å². The van der Waals surface area contributed by atoms with Crippen molar-refractivity contribution in [2.45, 2.75) is 6.92 Å². The number of aromatic nitrogens is 1. The van der Waals surface area contributed by atoms with E-state index in [2.05, 4.69) is 4.98 Å². The quantitative estimate of drug-likeness (QED) is 0.690. The van der Waals surface area contributed by atoms with Gasteiger partial charge in [-0.3, -0.25) is 4.98 Å². The summed E-state index contributed by atoms with van der Waals surface area (Å²) in [7, 11) is 0. The number of hydrogen-bond acceptors (Lipinski definition) is 2. The maximum absolute atomic E-state index is 8.59. The average molecular weight is 149 g/mol. The van der Waals surface area contributed by atoms with Gasteiger partial charge < -0.3 is 5.11 Å². The summed E-state index contributed by atoms with van der Waals surface area (Å²) in [6.07, 6.45) is 3.48. The lowest BCUT2D eigenvalue weighted by atomic mass is 10.2. The van der Waals surface area contributed by atoms with E-state index in [9.17, 15) is 0 Å². The Morgan fingerprint density at radius 2 is 2.45 bits per heavy atom. The number of nitrogens with zero attached hydrogens (tertiary/aromatic N) is 1. The van der Waals surface area contributed by atoms with Crippen molar-refractivity contribution in [3.8, 4) is 0 Å². The molecular weight excluding hydrogens is 138 g/mol. The van der Waals surface area contributed by atoms with Crippen LogP contribution in [0.1, 0.15) is 12.6 Å². The Kier molecular flexibility index (Phi) is 2.81. The van der Waals surface area contributed by atoms with Crippen molar-refractivity contribution in [1.82, 2.24) is 4.98 Å². The summed E-state index contributed by atoms with van der Waals surface area (Å²) in [6, 6.07) is 5.72. The second kappa shape index (κ2) is 3.88. The topological polar surface area (TPSA) is 33.1 Å². The van der Waals surface area contributed by atoms with Crippen molar-refractivity contribution in [2.75, 3.05) is 6.61 Å². The fourth-order valence-electron chi connectivity index (χ4n) is 0.838. The molecule has 0 aliphatic carbocycles. The summed E-state index contributed by atoms with van der Waals surface area (Å²) in [6.45, 7) is 2.00. The van der Waals surface area contributed by atoms with Crippen LogP contribution in [0.15, 0.2) is 30.5 Å². The first-order chi connectivity index (χ1) is 5.34. The summed E-state index contributed by atoms with van der Waals surface area (Å²) in [5.41, 5.74) is 1.93. The van der Waals surface area contributed by atoms with Crippen molar-refractivity contribution in [3.63, 3.8) is 0 Å². The van der Waals surface area contributed by atoms with Crippen molar-refractivity contribution >= 4 is 5.57 Å². The summed E-state index contributed by atoms with van der Waals surface area (Å²) in [5, 5.41) is 8.59. The molecule has 11 heavy (non-hydrogen) atoms. The highest BCUT2D eigenvalue weighted by molar-refractivity contribution is 5.59. The maximum Gasteiger partial charge on any atom is 0.0656 e. The van der Waals surface area contributed by atoms with Crippen LogP contribution in [-0.4, -0.2) is 16.7 Å². The second-order valence-electron chi connectivity index (χ2n) is 2.28. The van der Waals surface area contributed by atoms with Crippen molar-refractivity contribution < 1.29 is 5.11 Å². The Morgan fingerprint density at radius 1 is 1.64 bits per heavy atom. The second-order valence-corrected chi connectivity index (χ2v) is 2.28. The number of pyridine rings is 1. The third kappa shape index (κ3) is 2.16. The molecule has 0 aliphatic heterocycles. The molecule has 2 nitrogen and oxygen atoms in total. The Balaban J connectivity index is 2.85. The van der Waals surface area contributed by atoms with Gasteiger partial charge in [0, 0.05) is 6.20 Å². The molecule has 1 N–H and O–H groups in total. The van der Waals surface area contributed by atoms with E-state index in [1.165, 1.54) is 0 Å². The predicted octanol–water partition coefficient (Wildman–Crippen LogP) is 1.48. The zero-order valence-electron chi connectivity index (χ0n) is 6.49. The van der Waals surface area contributed by atoms with Gasteiger partial charge in [-0.25, -0.2) is 0 Å². The lowest BCUT2D eigenvalue weighted by Crippen LogP contribution is -1.85. The van der Waals surface area contributed by atoms with Gasteiger partial charge in [0.05, 0.1) is 12.3 Å². The molecule has 1 aromatic heterocycles. The summed E-state index contributed by atoms with van der Waals surface area (Å²) >= 11 is 0. The van der Waals surface area contributed by atoms with Gasteiger partial charge in [-0.1, -0.05) is 12.1 Å². The third-order valence-corrected chi connectivity index (χ3v) is 1.47. The van der Waals surface area contributed by atoms with Crippen LogP contribution >= 0.6 is 0 Å². The Hall–Kier alpha value is -1.15. The monoisotopic (exact) mass is 149 g/mol. The van der Waals surface area contributed by atoms with Gasteiger partial charge in [-0.2, -0.15) is 0 Å². The van der Waals surface area contributed by atoms with E-state index in [0.717, 1.165) is 11.3 Å². The lowest BCUT2D eigenvalue weighted by Gasteiger charge is -1.97. The molecular formula is C9H11NO. The van der Waals surface area contributed by atoms with Crippen LogP contribution in [0, 0.1) is 0 Å². The molecule has 0 saturated heterocycles. The van der Waals surface area contributed by atoms with Gasteiger partial charge >= 0.3 is 0 Å². The lowest BCUT2D eigenvalue weighted by molar-refractivity contribution is 0.343. The molecule has 0 spiro atoms. The zero-order valence-corrected chi connectivity index (χ0v) is 6.49. The van der Waals surface area contributed by atoms with Crippen LogP contribution in [-0.2, 0) is 0 Å². The molecule has 0 unspecified atom stereocenters. The molecule has 1 heterocycles. The maximum atomic E-state index is 8.59. The van der Waals surface area contributed by atoms with E-state index < -0.39 is 0 Å². The van der Waals surface area contributed by atoms with Gasteiger partial charge in [0.1, 0.15) is 0 Å². The molecule has 0 fully saturated rings. The first-order valence-corrected chi connectivity index (χ1v) is 3.53. The van der Waals surface area contributed by atoms with Gasteiger partial charge in [-0.05, 0) is 24.6 Å². The van der Waals surface area contributed by atoms with Crippen LogP contribution in [0.5, 0.6) is 0 Å². The molecule has 1 rings (SSSR count). The van der Waals surface area contributed by atoms with Crippen LogP contribution in [0.2, 0.25) is 0 Å². The minimum atomic E-state index is 0.0718. The van der Waals surface area contributed by atoms with E-state index in [0.29, 0.717) is 0 Å². The van der Waals surface area contributed by atoms with Crippen LogP contribution < -0.4 is 0 Å². The molecule has 0 amide bonds. The van der Waals surface area contributed by atoms with Crippen molar-refractivity contribution in [3.05, 3.63) is 36.2 Å². The fraction of sp³-hybridized carbons (Fsp3) is 0.222. The van der Waals surface area contributed by atoms with E-state index in [4.69, 9.17) is 5.11 Å². The third-order valence-electron chi connectivity index (χ3n) is 1.47. The highest BCUT2D eigenvalue weighted by atomic mass is 16.2. The first kappa shape index (κ1) is 7.95. The highest BCUT2D eigenvalue weighted by Gasteiger charge is 1.92. The molecule has 58 valence electrons. The van der Waals surface area contributed by atoms with Crippen LogP contribution in [0.4, 0.5) is 0 Å². The standard InChI is InChI=1S/C9H11NO/c1-8(5-7-11)9-4-2-3-6-10-9/h2-6,11H,7H2,1H3/b8-5-. The Morgan fingerprint density at radius 3 is 3.00 bits per heavy atom. The van der Waals surface area contributed by atoms with Gasteiger partial charge in [0.15, 0.2) is 0 Å². The van der Waals surface area contributed by atoms with Crippen molar-refractivity contribution in [1.29, 1.82) is 0 Å². The van der Waals surface area contributed by atoms with Gasteiger partial charge in [0.25, 0.3) is 0 Å².